The monoisotopic (exact) mass is 454 g/mol. The Hall–Kier alpha value is -3.65. The zero-order valence-corrected chi connectivity index (χ0v) is 18.3. The number of carbonyl (C=O) groups is 1. The topological polar surface area (TPSA) is 75.7 Å². The van der Waals surface area contributed by atoms with Crippen LogP contribution in [0.25, 0.3) is 0 Å². The number of anilines is 2. The lowest BCUT2D eigenvalue weighted by atomic mass is 10.2. The van der Waals surface area contributed by atoms with Crippen molar-refractivity contribution in [1.29, 1.82) is 0 Å². The van der Waals surface area contributed by atoms with Crippen LogP contribution < -0.4 is 14.4 Å². The molecule has 0 saturated carbocycles. The van der Waals surface area contributed by atoms with E-state index in [9.17, 15) is 17.6 Å². The Morgan fingerprint density at radius 2 is 1.78 bits per heavy atom. The van der Waals surface area contributed by atoms with Crippen molar-refractivity contribution in [2.75, 3.05) is 22.8 Å². The molecule has 0 radical (unpaired) electrons. The predicted molar refractivity (Wildman–Crippen MR) is 123 cm³/mol. The van der Waals surface area contributed by atoms with Gasteiger partial charge < -0.3 is 10.1 Å². The number of hydrogen-bond acceptors (Lipinski definition) is 4. The number of halogens is 1. The Balaban J connectivity index is 1.91. The number of ether oxygens (including phenoxy) is 1. The van der Waals surface area contributed by atoms with Gasteiger partial charge in [0.05, 0.1) is 29.3 Å². The number of hydrogen-bond donors (Lipinski definition) is 1. The average molecular weight is 455 g/mol. The van der Waals surface area contributed by atoms with Gasteiger partial charge in [-0.2, -0.15) is 0 Å². The number of para-hydroxylation sites is 1. The van der Waals surface area contributed by atoms with Crippen molar-refractivity contribution in [2.45, 2.75) is 11.8 Å². The van der Waals surface area contributed by atoms with Crippen LogP contribution in [0.1, 0.15) is 17.3 Å². The lowest BCUT2D eigenvalue weighted by Crippen LogP contribution is -2.31. The van der Waals surface area contributed by atoms with E-state index in [0.29, 0.717) is 23.7 Å². The number of nitrogens with zero attached hydrogens (tertiary/aromatic N) is 1. The third kappa shape index (κ3) is 5.15. The van der Waals surface area contributed by atoms with Crippen molar-refractivity contribution < 1.29 is 22.3 Å². The predicted octanol–water partition coefficient (Wildman–Crippen LogP) is 4.86. The maximum absolute atomic E-state index is 14.4. The summed E-state index contributed by atoms with van der Waals surface area (Å²) in [5.74, 6) is -0.964. The van der Waals surface area contributed by atoms with E-state index in [1.807, 2.05) is 6.92 Å². The minimum absolute atomic E-state index is 0.0113. The van der Waals surface area contributed by atoms with Crippen LogP contribution in [-0.2, 0) is 10.0 Å². The highest BCUT2D eigenvalue weighted by Gasteiger charge is 2.26. The molecule has 0 unspecified atom stereocenters. The first-order valence-corrected chi connectivity index (χ1v) is 11.3. The van der Waals surface area contributed by atoms with E-state index in [1.165, 1.54) is 6.08 Å². The van der Waals surface area contributed by atoms with Gasteiger partial charge in [0.25, 0.3) is 15.9 Å². The van der Waals surface area contributed by atoms with Gasteiger partial charge >= 0.3 is 0 Å². The fraction of sp³-hybridized carbons (Fsp3) is 0.125. The van der Waals surface area contributed by atoms with E-state index in [4.69, 9.17) is 4.74 Å². The molecular formula is C24H23FN2O4S. The molecule has 0 aliphatic heterocycles. The quantitative estimate of drug-likeness (QED) is 0.469. The summed E-state index contributed by atoms with van der Waals surface area (Å²) < 4.78 is 47.5. The maximum Gasteiger partial charge on any atom is 0.264 e. The molecule has 166 valence electrons. The lowest BCUT2D eigenvalue weighted by Gasteiger charge is -2.23. The zero-order valence-electron chi connectivity index (χ0n) is 17.5. The normalized spacial score (nSPS) is 10.9. The summed E-state index contributed by atoms with van der Waals surface area (Å²) in [6.45, 7) is 5.99. The largest absolute Gasteiger partial charge is 0.494 e. The van der Waals surface area contributed by atoms with E-state index < -0.39 is 21.7 Å². The molecule has 8 heteroatoms. The van der Waals surface area contributed by atoms with Crippen LogP contribution in [0.15, 0.2) is 90.3 Å². The third-order valence-corrected chi connectivity index (χ3v) is 6.32. The van der Waals surface area contributed by atoms with Gasteiger partial charge in [0, 0.05) is 5.69 Å². The number of amides is 1. The summed E-state index contributed by atoms with van der Waals surface area (Å²) in [6.07, 6.45) is 1.45. The standard InChI is InChI=1S/C24H23FN2O4S/c1-3-16-27(19-8-6-5-7-9-19)32(29,30)21-14-15-23(25)22(17-21)24(28)26-18-10-12-20(13-11-18)31-4-2/h3,5-15,17H,1,4,16H2,2H3,(H,26,28). The minimum Gasteiger partial charge on any atom is -0.494 e. The summed E-state index contributed by atoms with van der Waals surface area (Å²) in [5.41, 5.74) is 0.465. The fourth-order valence-corrected chi connectivity index (χ4v) is 4.48. The van der Waals surface area contributed by atoms with E-state index >= 15 is 0 Å². The Kier molecular flexibility index (Phi) is 7.27. The molecule has 0 spiro atoms. The Morgan fingerprint density at radius 3 is 2.41 bits per heavy atom. The minimum atomic E-state index is -4.07. The summed E-state index contributed by atoms with van der Waals surface area (Å²) in [5, 5.41) is 2.57. The number of carbonyl (C=O) groups excluding carboxylic acids is 1. The molecule has 0 aliphatic rings. The molecule has 0 aliphatic carbocycles. The SMILES string of the molecule is C=CCN(c1ccccc1)S(=O)(=O)c1ccc(F)c(C(=O)Nc2ccc(OCC)cc2)c1. The fourth-order valence-electron chi connectivity index (χ4n) is 3.02. The second kappa shape index (κ2) is 10.1. The van der Waals surface area contributed by atoms with Gasteiger partial charge in [-0.1, -0.05) is 24.3 Å². The third-order valence-electron chi connectivity index (χ3n) is 4.53. The van der Waals surface area contributed by atoms with Crippen molar-refractivity contribution >= 4 is 27.3 Å². The van der Waals surface area contributed by atoms with Gasteiger partial charge in [0.1, 0.15) is 11.6 Å². The molecule has 0 bridgehead atoms. The van der Waals surface area contributed by atoms with Crippen LogP contribution in [0.5, 0.6) is 5.75 Å². The molecule has 1 amide bonds. The number of nitrogens with one attached hydrogen (secondary N) is 1. The highest BCUT2D eigenvalue weighted by molar-refractivity contribution is 7.92. The Bertz CT molecular complexity index is 1200. The van der Waals surface area contributed by atoms with Crippen molar-refractivity contribution in [2.24, 2.45) is 0 Å². The molecule has 0 fully saturated rings. The Labute approximate surface area is 187 Å². The maximum atomic E-state index is 14.4. The van der Waals surface area contributed by atoms with E-state index in [1.54, 1.807) is 54.6 Å². The first-order valence-electron chi connectivity index (χ1n) is 9.89. The Morgan fingerprint density at radius 1 is 1.09 bits per heavy atom. The van der Waals surface area contributed by atoms with Gasteiger partial charge in [-0.3, -0.25) is 9.10 Å². The molecule has 1 N–H and O–H groups in total. The van der Waals surface area contributed by atoms with Crippen LogP contribution in [0.2, 0.25) is 0 Å². The molecular weight excluding hydrogens is 431 g/mol. The molecule has 0 atom stereocenters. The van der Waals surface area contributed by atoms with Gasteiger partial charge in [-0.15, -0.1) is 6.58 Å². The molecule has 0 heterocycles. The van der Waals surface area contributed by atoms with Crippen LogP contribution in [0, 0.1) is 5.82 Å². The first kappa shape index (κ1) is 23.0. The van der Waals surface area contributed by atoms with Gasteiger partial charge in [0.2, 0.25) is 0 Å². The molecule has 3 aromatic rings. The lowest BCUT2D eigenvalue weighted by molar-refractivity contribution is 0.102. The second-order valence-corrected chi connectivity index (χ2v) is 8.58. The van der Waals surface area contributed by atoms with E-state index in [-0.39, 0.29) is 17.0 Å². The number of rotatable bonds is 9. The van der Waals surface area contributed by atoms with Crippen LogP contribution in [0.3, 0.4) is 0 Å². The molecule has 0 aromatic heterocycles. The van der Waals surface area contributed by atoms with Crippen molar-refractivity contribution in [1.82, 2.24) is 0 Å². The molecule has 32 heavy (non-hydrogen) atoms. The van der Waals surface area contributed by atoms with Crippen LogP contribution in [-0.4, -0.2) is 27.5 Å². The summed E-state index contributed by atoms with van der Waals surface area (Å²) >= 11 is 0. The van der Waals surface area contributed by atoms with E-state index in [2.05, 4.69) is 11.9 Å². The van der Waals surface area contributed by atoms with Crippen LogP contribution >= 0.6 is 0 Å². The molecule has 3 aromatic carbocycles. The smallest absolute Gasteiger partial charge is 0.264 e. The van der Waals surface area contributed by atoms with Crippen molar-refractivity contribution in [3.05, 3.63) is 96.8 Å². The van der Waals surface area contributed by atoms with Gasteiger partial charge in [0.15, 0.2) is 0 Å². The first-order chi connectivity index (χ1) is 15.4. The zero-order chi connectivity index (χ0) is 23.1. The summed E-state index contributed by atoms with van der Waals surface area (Å²) in [7, 11) is -4.07. The molecule has 3 rings (SSSR count). The number of benzene rings is 3. The van der Waals surface area contributed by atoms with Gasteiger partial charge in [-0.25, -0.2) is 12.8 Å². The highest BCUT2D eigenvalue weighted by atomic mass is 32.2. The number of sulfonamides is 1. The molecule has 0 saturated heterocycles. The van der Waals surface area contributed by atoms with Gasteiger partial charge in [-0.05, 0) is 61.5 Å². The highest BCUT2D eigenvalue weighted by Crippen LogP contribution is 2.25. The van der Waals surface area contributed by atoms with Crippen molar-refractivity contribution in [3.8, 4) is 5.75 Å². The van der Waals surface area contributed by atoms with Crippen molar-refractivity contribution in [3.63, 3.8) is 0 Å². The summed E-state index contributed by atoms with van der Waals surface area (Å²) in [6, 6.07) is 18.2. The van der Waals surface area contributed by atoms with E-state index in [0.717, 1.165) is 22.5 Å². The molecule has 6 nitrogen and oxygen atoms in total. The van der Waals surface area contributed by atoms with Crippen LogP contribution in [0.4, 0.5) is 15.8 Å². The summed E-state index contributed by atoms with van der Waals surface area (Å²) in [4.78, 5) is 12.5. The second-order valence-electron chi connectivity index (χ2n) is 6.71. The average Bonchev–Trinajstić information content (AvgIpc) is 2.79.